The van der Waals surface area contributed by atoms with Gasteiger partial charge in [0.15, 0.2) is 0 Å². The maximum Gasteiger partial charge on any atom is 0.273 e. The van der Waals surface area contributed by atoms with Crippen molar-refractivity contribution in [1.29, 1.82) is 0 Å². The number of benzene rings is 1. The summed E-state index contributed by atoms with van der Waals surface area (Å²) in [6, 6.07) is 14.5. The molecule has 0 saturated carbocycles. The van der Waals surface area contributed by atoms with E-state index in [1.807, 2.05) is 28.5 Å². The van der Waals surface area contributed by atoms with E-state index in [9.17, 15) is 4.79 Å². The normalized spacial score (nSPS) is 15.2. The highest BCUT2D eigenvalue weighted by Gasteiger charge is 2.24. The number of carbonyl (C=O) groups is 1. The van der Waals surface area contributed by atoms with E-state index in [4.69, 9.17) is 0 Å². The minimum Gasteiger partial charge on any atom is -0.335 e. The van der Waals surface area contributed by atoms with Crippen LogP contribution in [-0.4, -0.2) is 46.9 Å². The molecule has 0 bridgehead atoms. The quantitative estimate of drug-likeness (QED) is 0.560. The largest absolute Gasteiger partial charge is 0.335 e. The molecule has 0 atom stereocenters. The lowest BCUT2D eigenvalue weighted by Crippen LogP contribution is -2.48. The Balaban J connectivity index is 1.31. The number of aromatic nitrogens is 1. The van der Waals surface area contributed by atoms with Gasteiger partial charge in [0.25, 0.3) is 5.91 Å². The number of nitrogens with zero attached hydrogens (tertiary/aromatic N) is 3. The Hall–Kier alpha value is -1.54. The zero-order chi connectivity index (χ0) is 18.6. The third-order valence-electron chi connectivity index (χ3n) is 4.64. The molecular weight excluding hydrogens is 442 g/mol. The Morgan fingerprint density at radius 3 is 2.56 bits per heavy atom. The molecule has 4 nitrogen and oxygen atoms in total. The molecule has 27 heavy (non-hydrogen) atoms. The minimum absolute atomic E-state index is 0.0593. The summed E-state index contributed by atoms with van der Waals surface area (Å²) < 4.78 is 1.17. The van der Waals surface area contributed by atoms with Crippen molar-refractivity contribution in [1.82, 2.24) is 14.8 Å². The molecule has 1 amide bonds. The molecule has 3 heterocycles. The van der Waals surface area contributed by atoms with Gasteiger partial charge in [0.05, 0.1) is 8.79 Å². The summed E-state index contributed by atoms with van der Waals surface area (Å²) in [6.07, 6.45) is 0.781. The van der Waals surface area contributed by atoms with Gasteiger partial charge in [-0.15, -0.1) is 22.7 Å². The number of rotatable bonds is 5. The molecule has 140 valence electrons. The predicted octanol–water partition coefficient (Wildman–Crippen LogP) is 4.52. The molecule has 0 aliphatic carbocycles. The first-order valence-electron chi connectivity index (χ1n) is 8.91. The van der Waals surface area contributed by atoms with Crippen molar-refractivity contribution in [3.63, 3.8) is 0 Å². The van der Waals surface area contributed by atoms with Crippen molar-refractivity contribution >= 4 is 44.5 Å². The van der Waals surface area contributed by atoms with Crippen LogP contribution in [0.3, 0.4) is 0 Å². The maximum absolute atomic E-state index is 12.8. The average Bonchev–Trinajstić information content (AvgIpc) is 3.32. The highest BCUT2D eigenvalue weighted by molar-refractivity contribution is 9.11. The van der Waals surface area contributed by atoms with Gasteiger partial charge in [-0.25, -0.2) is 4.98 Å². The Bertz CT molecular complexity index is 901. The molecule has 2 aromatic heterocycles. The number of thiazole rings is 1. The monoisotopic (exact) mass is 461 g/mol. The molecule has 3 aromatic rings. The summed E-state index contributed by atoms with van der Waals surface area (Å²) in [5, 5.41) is 2.89. The van der Waals surface area contributed by atoms with Crippen LogP contribution >= 0.6 is 38.6 Å². The molecule has 1 aliphatic rings. The minimum atomic E-state index is 0.0593. The van der Waals surface area contributed by atoms with Crippen molar-refractivity contribution in [2.24, 2.45) is 0 Å². The average molecular weight is 462 g/mol. The molecule has 7 heteroatoms. The summed E-state index contributed by atoms with van der Waals surface area (Å²) in [5.74, 6) is 0.0593. The Kier molecular flexibility index (Phi) is 6.02. The summed E-state index contributed by atoms with van der Waals surface area (Å²) in [7, 11) is 0. The Morgan fingerprint density at radius 1 is 1.07 bits per heavy atom. The zero-order valence-corrected chi connectivity index (χ0v) is 18.0. The molecular formula is C20H20BrN3OS2. The smallest absolute Gasteiger partial charge is 0.273 e. The third-order valence-corrected chi connectivity index (χ3v) is 7.09. The molecule has 0 unspecified atom stereocenters. The molecule has 0 N–H and O–H groups in total. The van der Waals surface area contributed by atoms with Crippen molar-refractivity contribution in [3.8, 4) is 0 Å². The summed E-state index contributed by atoms with van der Waals surface area (Å²) in [4.78, 5) is 23.1. The summed E-state index contributed by atoms with van der Waals surface area (Å²) >= 11 is 6.86. The number of hydrogen-bond acceptors (Lipinski definition) is 5. The second kappa shape index (κ2) is 8.65. The van der Waals surface area contributed by atoms with E-state index in [2.05, 4.69) is 50.1 Å². The van der Waals surface area contributed by atoms with Gasteiger partial charge in [-0.05, 0) is 33.6 Å². The van der Waals surface area contributed by atoms with Gasteiger partial charge in [-0.1, -0.05) is 30.3 Å². The highest BCUT2D eigenvalue weighted by atomic mass is 79.9. The molecule has 4 rings (SSSR count). The molecule has 1 aliphatic heterocycles. The molecule has 1 saturated heterocycles. The van der Waals surface area contributed by atoms with Crippen LogP contribution in [-0.2, 0) is 13.0 Å². The van der Waals surface area contributed by atoms with E-state index in [1.165, 1.54) is 14.2 Å². The Morgan fingerprint density at radius 2 is 1.85 bits per heavy atom. The van der Waals surface area contributed by atoms with Crippen LogP contribution < -0.4 is 0 Å². The number of carbonyl (C=O) groups excluding carboxylic acids is 1. The van der Waals surface area contributed by atoms with Crippen LogP contribution in [0.1, 0.15) is 25.9 Å². The van der Waals surface area contributed by atoms with Crippen LogP contribution in [0.5, 0.6) is 0 Å². The standard InChI is InChI=1S/C20H20BrN3OS2/c21-18-7-6-16(27-18)13-23-8-10-24(11-9-23)20(25)17-14-26-19(22-17)12-15-4-2-1-3-5-15/h1-7,14H,8-13H2. The van der Waals surface area contributed by atoms with E-state index in [1.54, 1.807) is 22.7 Å². The van der Waals surface area contributed by atoms with E-state index in [0.29, 0.717) is 5.69 Å². The van der Waals surface area contributed by atoms with Gasteiger partial charge in [0.1, 0.15) is 5.69 Å². The SMILES string of the molecule is O=C(c1csc(Cc2ccccc2)n1)N1CCN(Cc2ccc(Br)s2)CC1. The maximum atomic E-state index is 12.8. The predicted molar refractivity (Wildman–Crippen MR) is 115 cm³/mol. The highest BCUT2D eigenvalue weighted by Crippen LogP contribution is 2.24. The molecule has 0 radical (unpaired) electrons. The van der Waals surface area contributed by atoms with Gasteiger partial charge in [-0.2, -0.15) is 0 Å². The lowest BCUT2D eigenvalue weighted by atomic mass is 10.2. The van der Waals surface area contributed by atoms with E-state index >= 15 is 0 Å². The summed E-state index contributed by atoms with van der Waals surface area (Å²) in [5.41, 5.74) is 1.81. The van der Waals surface area contributed by atoms with Gasteiger partial charge in [-0.3, -0.25) is 9.69 Å². The Labute approximate surface area is 175 Å². The fourth-order valence-corrected chi connectivity index (χ4v) is 5.52. The molecule has 0 spiro atoms. The fraction of sp³-hybridized carbons (Fsp3) is 0.300. The number of thiophene rings is 1. The number of halogens is 1. The third kappa shape index (κ3) is 4.85. The van der Waals surface area contributed by atoms with Crippen LogP contribution in [0, 0.1) is 0 Å². The van der Waals surface area contributed by atoms with E-state index in [0.717, 1.165) is 44.2 Å². The topological polar surface area (TPSA) is 36.4 Å². The van der Waals surface area contributed by atoms with E-state index in [-0.39, 0.29) is 5.91 Å². The van der Waals surface area contributed by atoms with Crippen LogP contribution in [0.15, 0.2) is 51.6 Å². The number of amides is 1. The number of hydrogen-bond donors (Lipinski definition) is 0. The van der Waals surface area contributed by atoms with Crippen LogP contribution in [0.25, 0.3) is 0 Å². The second-order valence-electron chi connectivity index (χ2n) is 6.56. The van der Waals surface area contributed by atoms with Crippen molar-refractivity contribution in [2.45, 2.75) is 13.0 Å². The lowest BCUT2D eigenvalue weighted by Gasteiger charge is -2.34. The first kappa shape index (κ1) is 18.8. The fourth-order valence-electron chi connectivity index (χ4n) is 3.19. The van der Waals surface area contributed by atoms with E-state index < -0.39 is 0 Å². The van der Waals surface area contributed by atoms with Gasteiger partial charge >= 0.3 is 0 Å². The first-order valence-corrected chi connectivity index (χ1v) is 11.4. The van der Waals surface area contributed by atoms with Crippen LogP contribution in [0.2, 0.25) is 0 Å². The number of piperazine rings is 1. The second-order valence-corrected chi connectivity index (χ2v) is 10.1. The molecule has 1 fully saturated rings. The van der Waals surface area contributed by atoms with Crippen molar-refractivity contribution in [2.75, 3.05) is 26.2 Å². The van der Waals surface area contributed by atoms with Gasteiger partial charge in [0, 0.05) is 49.4 Å². The molecule has 1 aromatic carbocycles. The lowest BCUT2D eigenvalue weighted by molar-refractivity contribution is 0.0624. The van der Waals surface area contributed by atoms with Crippen LogP contribution in [0.4, 0.5) is 0 Å². The first-order chi connectivity index (χ1) is 13.2. The van der Waals surface area contributed by atoms with Gasteiger partial charge < -0.3 is 4.90 Å². The summed E-state index contributed by atoms with van der Waals surface area (Å²) in [6.45, 7) is 4.29. The van der Waals surface area contributed by atoms with Gasteiger partial charge in [0.2, 0.25) is 0 Å². The zero-order valence-electron chi connectivity index (χ0n) is 14.8. The van der Waals surface area contributed by atoms with Crippen molar-refractivity contribution < 1.29 is 4.79 Å². The van der Waals surface area contributed by atoms with Crippen molar-refractivity contribution in [3.05, 3.63) is 72.8 Å².